The number of furan rings is 1. The van der Waals surface area contributed by atoms with E-state index in [-0.39, 0.29) is 0 Å². The molecule has 3 heterocycles. The van der Waals surface area contributed by atoms with Gasteiger partial charge in [0, 0.05) is 23.1 Å². The van der Waals surface area contributed by atoms with E-state index >= 15 is 0 Å². The molecule has 0 fully saturated rings. The molecule has 0 unspecified atom stereocenters. The number of nitrogens with zero attached hydrogens (tertiary/aromatic N) is 3. The van der Waals surface area contributed by atoms with E-state index in [2.05, 4.69) is 15.3 Å². The van der Waals surface area contributed by atoms with Crippen LogP contribution in [0.15, 0.2) is 59.3 Å². The monoisotopic (exact) mass is 324 g/mol. The third-order valence-electron chi connectivity index (χ3n) is 3.48. The fourth-order valence-electron chi connectivity index (χ4n) is 2.41. The molecular weight excluding hydrogens is 312 g/mol. The SMILES string of the molecule is Cc1ccc(-c2nc3ncccn3c2Nc2ccc(Cl)cc2)o1. The molecule has 4 rings (SSSR count). The van der Waals surface area contributed by atoms with E-state index in [1.54, 1.807) is 6.20 Å². The number of aryl methyl sites for hydroxylation is 1. The van der Waals surface area contributed by atoms with Gasteiger partial charge in [-0.25, -0.2) is 9.97 Å². The van der Waals surface area contributed by atoms with E-state index < -0.39 is 0 Å². The normalized spacial score (nSPS) is 11.0. The van der Waals surface area contributed by atoms with Gasteiger partial charge in [-0.3, -0.25) is 4.40 Å². The highest BCUT2D eigenvalue weighted by atomic mass is 35.5. The number of hydrogen-bond donors (Lipinski definition) is 1. The molecule has 0 radical (unpaired) electrons. The summed E-state index contributed by atoms with van der Waals surface area (Å²) in [5, 5.41) is 4.06. The molecule has 3 aromatic heterocycles. The molecule has 114 valence electrons. The summed E-state index contributed by atoms with van der Waals surface area (Å²) in [6, 6.07) is 13.2. The van der Waals surface area contributed by atoms with E-state index in [1.807, 2.05) is 60.0 Å². The summed E-state index contributed by atoms with van der Waals surface area (Å²) >= 11 is 5.95. The van der Waals surface area contributed by atoms with Crippen LogP contribution >= 0.6 is 11.6 Å². The highest BCUT2D eigenvalue weighted by Gasteiger charge is 2.17. The lowest BCUT2D eigenvalue weighted by atomic mass is 10.3. The Balaban J connectivity index is 1.87. The lowest BCUT2D eigenvalue weighted by Gasteiger charge is -2.07. The summed E-state index contributed by atoms with van der Waals surface area (Å²) in [4.78, 5) is 8.88. The van der Waals surface area contributed by atoms with Crippen LogP contribution in [0.25, 0.3) is 17.2 Å². The zero-order valence-corrected chi connectivity index (χ0v) is 13.1. The van der Waals surface area contributed by atoms with Gasteiger partial charge in [-0.05, 0) is 49.4 Å². The Labute approximate surface area is 137 Å². The quantitative estimate of drug-likeness (QED) is 0.593. The summed E-state index contributed by atoms with van der Waals surface area (Å²) in [5.74, 6) is 2.93. The zero-order valence-electron chi connectivity index (χ0n) is 12.3. The van der Waals surface area contributed by atoms with E-state index in [0.717, 1.165) is 17.3 Å². The van der Waals surface area contributed by atoms with Crippen molar-refractivity contribution in [2.45, 2.75) is 6.92 Å². The molecule has 0 bridgehead atoms. The number of imidazole rings is 1. The van der Waals surface area contributed by atoms with Crippen molar-refractivity contribution in [1.82, 2.24) is 14.4 Å². The average molecular weight is 325 g/mol. The first-order chi connectivity index (χ1) is 11.2. The number of nitrogens with one attached hydrogen (secondary N) is 1. The first-order valence-electron chi connectivity index (χ1n) is 7.13. The maximum absolute atomic E-state index is 5.95. The molecule has 0 amide bonds. The largest absolute Gasteiger partial charge is 0.460 e. The number of hydrogen-bond acceptors (Lipinski definition) is 4. The Hall–Kier alpha value is -2.79. The molecule has 0 spiro atoms. The minimum atomic E-state index is 0.605. The third-order valence-corrected chi connectivity index (χ3v) is 3.74. The van der Waals surface area contributed by atoms with Gasteiger partial charge in [0.15, 0.2) is 11.5 Å². The summed E-state index contributed by atoms with van der Waals surface area (Å²) in [6.07, 6.45) is 3.62. The Morgan fingerprint density at radius 3 is 2.70 bits per heavy atom. The lowest BCUT2D eigenvalue weighted by Crippen LogP contribution is -1.96. The van der Waals surface area contributed by atoms with Gasteiger partial charge in [0.25, 0.3) is 0 Å². The summed E-state index contributed by atoms with van der Waals surface area (Å²) < 4.78 is 7.62. The second-order valence-electron chi connectivity index (χ2n) is 5.14. The zero-order chi connectivity index (χ0) is 15.8. The molecule has 0 aliphatic heterocycles. The van der Waals surface area contributed by atoms with Crippen molar-refractivity contribution in [3.05, 3.63) is 65.6 Å². The number of aromatic nitrogens is 3. The van der Waals surface area contributed by atoms with Crippen LogP contribution < -0.4 is 5.32 Å². The second kappa shape index (κ2) is 5.44. The molecule has 0 aliphatic rings. The molecule has 0 aliphatic carbocycles. The Kier molecular flexibility index (Phi) is 3.28. The highest BCUT2D eigenvalue weighted by molar-refractivity contribution is 6.30. The summed E-state index contributed by atoms with van der Waals surface area (Å²) in [6.45, 7) is 1.91. The maximum atomic E-state index is 5.95. The molecule has 6 heteroatoms. The molecule has 0 saturated carbocycles. The van der Waals surface area contributed by atoms with Crippen molar-refractivity contribution in [2.75, 3.05) is 5.32 Å². The van der Waals surface area contributed by atoms with Gasteiger partial charge in [-0.1, -0.05) is 11.6 Å². The Morgan fingerprint density at radius 1 is 1.13 bits per heavy atom. The number of anilines is 2. The first kappa shape index (κ1) is 13.8. The van der Waals surface area contributed by atoms with E-state index in [9.17, 15) is 0 Å². The number of rotatable bonds is 3. The van der Waals surface area contributed by atoms with Crippen LogP contribution in [0, 0.1) is 6.92 Å². The number of benzene rings is 1. The van der Waals surface area contributed by atoms with Gasteiger partial charge < -0.3 is 9.73 Å². The van der Waals surface area contributed by atoms with E-state index in [4.69, 9.17) is 16.0 Å². The lowest BCUT2D eigenvalue weighted by molar-refractivity contribution is 0.547. The van der Waals surface area contributed by atoms with Crippen molar-refractivity contribution in [1.29, 1.82) is 0 Å². The third kappa shape index (κ3) is 2.55. The van der Waals surface area contributed by atoms with Crippen molar-refractivity contribution in [2.24, 2.45) is 0 Å². The van der Waals surface area contributed by atoms with Crippen molar-refractivity contribution < 1.29 is 4.42 Å². The fraction of sp³-hybridized carbons (Fsp3) is 0.0588. The molecule has 1 aromatic carbocycles. The maximum Gasteiger partial charge on any atom is 0.236 e. The van der Waals surface area contributed by atoms with Crippen LogP contribution in [0.1, 0.15) is 5.76 Å². The number of fused-ring (bicyclic) bond motifs is 1. The second-order valence-corrected chi connectivity index (χ2v) is 5.58. The van der Waals surface area contributed by atoms with Crippen LogP contribution in [0.4, 0.5) is 11.5 Å². The van der Waals surface area contributed by atoms with E-state index in [1.165, 1.54) is 0 Å². The standard InChI is InChI=1S/C17H13ClN4O/c1-11-3-8-14(23-11)15-16(20-13-6-4-12(18)5-7-13)22-10-2-9-19-17(22)21-15/h2-10,20H,1H3. The smallest absolute Gasteiger partial charge is 0.236 e. The van der Waals surface area contributed by atoms with Crippen LogP contribution in [0.5, 0.6) is 0 Å². The molecule has 0 atom stereocenters. The van der Waals surface area contributed by atoms with Crippen molar-refractivity contribution in [3.8, 4) is 11.5 Å². The molecule has 0 saturated heterocycles. The predicted octanol–water partition coefficient (Wildman–Crippen LogP) is 4.69. The topological polar surface area (TPSA) is 55.4 Å². The molecule has 4 aromatic rings. The Bertz CT molecular complexity index is 972. The van der Waals surface area contributed by atoms with Crippen molar-refractivity contribution >= 4 is 28.9 Å². The fourth-order valence-corrected chi connectivity index (χ4v) is 2.54. The van der Waals surface area contributed by atoms with Gasteiger partial charge in [0.05, 0.1) is 0 Å². The van der Waals surface area contributed by atoms with Crippen LogP contribution in [0.3, 0.4) is 0 Å². The predicted molar refractivity (Wildman–Crippen MR) is 90.2 cm³/mol. The average Bonchev–Trinajstić information content (AvgIpc) is 3.14. The van der Waals surface area contributed by atoms with Crippen LogP contribution in [0.2, 0.25) is 5.02 Å². The molecule has 23 heavy (non-hydrogen) atoms. The van der Waals surface area contributed by atoms with Crippen LogP contribution in [-0.4, -0.2) is 14.4 Å². The Morgan fingerprint density at radius 2 is 1.96 bits per heavy atom. The van der Waals surface area contributed by atoms with Gasteiger partial charge in [0.1, 0.15) is 11.6 Å². The molecular formula is C17H13ClN4O. The molecule has 1 N–H and O–H groups in total. The van der Waals surface area contributed by atoms with E-state index in [0.29, 0.717) is 22.3 Å². The highest BCUT2D eigenvalue weighted by Crippen LogP contribution is 2.31. The first-order valence-corrected chi connectivity index (χ1v) is 7.51. The minimum Gasteiger partial charge on any atom is -0.460 e. The summed E-state index contributed by atoms with van der Waals surface area (Å²) in [7, 11) is 0. The summed E-state index contributed by atoms with van der Waals surface area (Å²) in [5.41, 5.74) is 1.62. The van der Waals surface area contributed by atoms with Gasteiger partial charge in [0.2, 0.25) is 5.78 Å². The van der Waals surface area contributed by atoms with Crippen molar-refractivity contribution in [3.63, 3.8) is 0 Å². The minimum absolute atomic E-state index is 0.605. The van der Waals surface area contributed by atoms with Gasteiger partial charge in [-0.2, -0.15) is 0 Å². The molecule has 5 nitrogen and oxygen atoms in total. The van der Waals surface area contributed by atoms with Gasteiger partial charge in [-0.15, -0.1) is 0 Å². The number of halogens is 1. The van der Waals surface area contributed by atoms with Gasteiger partial charge >= 0.3 is 0 Å². The van der Waals surface area contributed by atoms with Crippen LogP contribution in [-0.2, 0) is 0 Å².